The van der Waals surface area contributed by atoms with Gasteiger partial charge < -0.3 is 15.0 Å². The second-order valence-electron chi connectivity index (χ2n) is 6.43. The lowest BCUT2D eigenvalue weighted by Gasteiger charge is -2.08. The fourth-order valence-electron chi connectivity index (χ4n) is 3.14. The van der Waals surface area contributed by atoms with Crippen LogP contribution in [0.5, 0.6) is 0 Å². The van der Waals surface area contributed by atoms with E-state index in [0.29, 0.717) is 16.9 Å². The fourth-order valence-corrected chi connectivity index (χ4v) is 3.14. The molecule has 0 bridgehead atoms. The largest absolute Gasteiger partial charge is 0.392 e. The number of nitrogens with one attached hydrogen (secondary N) is 1. The third-order valence-corrected chi connectivity index (χ3v) is 4.51. The Kier molecular flexibility index (Phi) is 4.92. The van der Waals surface area contributed by atoms with E-state index in [1.54, 1.807) is 6.20 Å². The van der Waals surface area contributed by atoms with Gasteiger partial charge in [-0.1, -0.05) is 30.3 Å². The van der Waals surface area contributed by atoms with Crippen LogP contribution in [0.1, 0.15) is 5.56 Å². The maximum absolute atomic E-state index is 13.0. The third kappa shape index (κ3) is 3.65. The monoisotopic (exact) mass is 392 g/mol. The number of carbonyl (C=O) groups excluding carboxylic acids is 1. The molecule has 0 atom stereocenters. The Bertz CT molecular complexity index is 1230. The van der Waals surface area contributed by atoms with Gasteiger partial charge in [-0.05, 0) is 24.3 Å². The van der Waals surface area contributed by atoms with Crippen LogP contribution in [-0.2, 0) is 17.9 Å². The van der Waals surface area contributed by atoms with E-state index in [1.165, 1.54) is 39.5 Å². The average molecular weight is 392 g/mol. The Morgan fingerprint density at radius 2 is 1.79 bits per heavy atom. The molecule has 0 saturated carbocycles. The SMILES string of the molecule is O=C(Cn1ccn2nc(-c3ccccc3)c(CO)c2c1=O)Nc1ccc(F)cc1. The van der Waals surface area contributed by atoms with Crippen LogP contribution in [0.25, 0.3) is 16.8 Å². The minimum atomic E-state index is -0.444. The molecule has 2 aromatic carbocycles. The van der Waals surface area contributed by atoms with E-state index in [9.17, 15) is 19.1 Å². The molecule has 146 valence electrons. The molecule has 0 aliphatic rings. The number of hydrogen-bond acceptors (Lipinski definition) is 4. The molecule has 2 aromatic heterocycles. The summed E-state index contributed by atoms with van der Waals surface area (Å²) < 4.78 is 15.6. The van der Waals surface area contributed by atoms with Crippen molar-refractivity contribution in [3.8, 4) is 11.3 Å². The van der Waals surface area contributed by atoms with Crippen LogP contribution in [0.2, 0.25) is 0 Å². The molecule has 7 nitrogen and oxygen atoms in total. The Labute approximate surface area is 164 Å². The van der Waals surface area contributed by atoms with Crippen molar-refractivity contribution >= 4 is 17.1 Å². The van der Waals surface area contributed by atoms with E-state index >= 15 is 0 Å². The number of aliphatic hydroxyl groups is 1. The minimum absolute atomic E-state index is 0.212. The number of fused-ring (bicyclic) bond motifs is 1. The lowest BCUT2D eigenvalue weighted by Crippen LogP contribution is -2.28. The number of carbonyl (C=O) groups is 1. The molecule has 1 amide bonds. The summed E-state index contributed by atoms with van der Waals surface area (Å²) in [6, 6.07) is 14.6. The number of halogens is 1. The molecule has 29 heavy (non-hydrogen) atoms. The first-order valence-electron chi connectivity index (χ1n) is 8.89. The summed E-state index contributed by atoms with van der Waals surface area (Å²) in [6.45, 7) is -0.599. The first-order chi connectivity index (χ1) is 14.1. The van der Waals surface area contributed by atoms with E-state index < -0.39 is 17.3 Å². The normalized spacial score (nSPS) is 11.0. The maximum atomic E-state index is 13.0. The summed E-state index contributed by atoms with van der Waals surface area (Å²) >= 11 is 0. The molecule has 0 aliphatic carbocycles. The van der Waals surface area contributed by atoms with Crippen molar-refractivity contribution in [1.82, 2.24) is 14.2 Å². The zero-order chi connectivity index (χ0) is 20.4. The summed E-state index contributed by atoms with van der Waals surface area (Å²) in [4.78, 5) is 25.2. The van der Waals surface area contributed by atoms with E-state index in [0.717, 1.165) is 5.56 Å². The van der Waals surface area contributed by atoms with Crippen molar-refractivity contribution in [2.45, 2.75) is 13.2 Å². The van der Waals surface area contributed by atoms with Gasteiger partial charge in [0, 0.05) is 29.2 Å². The quantitative estimate of drug-likeness (QED) is 0.546. The standard InChI is InChI=1S/C21H17FN4O3/c22-15-6-8-16(9-7-15)23-18(28)12-25-10-11-26-20(21(25)29)17(13-27)19(24-26)14-4-2-1-3-5-14/h1-11,27H,12-13H2,(H,23,28). The highest BCUT2D eigenvalue weighted by Crippen LogP contribution is 2.24. The lowest BCUT2D eigenvalue weighted by molar-refractivity contribution is -0.116. The summed E-state index contributed by atoms with van der Waals surface area (Å²) in [5.41, 5.74) is 1.88. The van der Waals surface area contributed by atoms with E-state index in [2.05, 4.69) is 10.4 Å². The highest BCUT2D eigenvalue weighted by Gasteiger charge is 2.18. The highest BCUT2D eigenvalue weighted by molar-refractivity contribution is 5.90. The van der Waals surface area contributed by atoms with Crippen LogP contribution in [0, 0.1) is 5.82 Å². The predicted molar refractivity (Wildman–Crippen MR) is 106 cm³/mol. The summed E-state index contributed by atoms with van der Waals surface area (Å²) in [5, 5.41) is 16.9. The molecule has 2 heterocycles. The number of anilines is 1. The van der Waals surface area contributed by atoms with Gasteiger partial charge in [-0.15, -0.1) is 0 Å². The number of rotatable bonds is 5. The number of amides is 1. The molecule has 0 fully saturated rings. The number of nitrogens with zero attached hydrogens (tertiary/aromatic N) is 3. The first-order valence-corrected chi connectivity index (χ1v) is 8.89. The van der Waals surface area contributed by atoms with Gasteiger partial charge in [0.15, 0.2) is 0 Å². The lowest BCUT2D eigenvalue weighted by atomic mass is 10.1. The Hall–Kier alpha value is -3.78. The van der Waals surface area contributed by atoms with Gasteiger partial charge in [0.2, 0.25) is 5.91 Å². The number of hydrogen-bond donors (Lipinski definition) is 2. The average Bonchev–Trinajstić information content (AvgIpc) is 3.12. The topological polar surface area (TPSA) is 88.6 Å². The van der Waals surface area contributed by atoms with Gasteiger partial charge >= 0.3 is 0 Å². The number of benzene rings is 2. The van der Waals surface area contributed by atoms with Gasteiger partial charge in [0.25, 0.3) is 5.56 Å². The maximum Gasteiger partial charge on any atom is 0.277 e. The molecule has 0 aliphatic heterocycles. The van der Waals surface area contributed by atoms with Crippen LogP contribution in [0.3, 0.4) is 0 Å². The van der Waals surface area contributed by atoms with Crippen molar-refractivity contribution in [2.24, 2.45) is 0 Å². The van der Waals surface area contributed by atoms with E-state index in [1.807, 2.05) is 30.3 Å². The molecule has 0 saturated heterocycles. The van der Waals surface area contributed by atoms with Gasteiger partial charge in [-0.3, -0.25) is 9.59 Å². The van der Waals surface area contributed by atoms with E-state index in [4.69, 9.17) is 0 Å². The smallest absolute Gasteiger partial charge is 0.277 e. The third-order valence-electron chi connectivity index (χ3n) is 4.51. The summed E-state index contributed by atoms with van der Waals surface area (Å²) in [5.74, 6) is -0.840. The van der Waals surface area contributed by atoms with Crippen LogP contribution < -0.4 is 10.9 Å². The molecule has 0 radical (unpaired) electrons. The van der Waals surface area contributed by atoms with E-state index in [-0.39, 0.29) is 18.7 Å². The zero-order valence-corrected chi connectivity index (χ0v) is 15.2. The van der Waals surface area contributed by atoms with Crippen molar-refractivity contribution in [3.63, 3.8) is 0 Å². The Balaban J connectivity index is 1.67. The highest BCUT2D eigenvalue weighted by atomic mass is 19.1. The van der Waals surface area contributed by atoms with Crippen molar-refractivity contribution in [2.75, 3.05) is 5.32 Å². The molecule has 4 aromatic rings. The van der Waals surface area contributed by atoms with Gasteiger partial charge in [-0.2, -0.15) is 5.10 Å². The molecular weight excluding hydrogens is 375 g/mol. The molecule has 2 N–H and O–H groups in total. The molecule has 4 rings (SSSR count). The van der Waals surface area contributed by atoms with Gasteiger partial charge in [0.1, 0.15) is 17.9 Å². The minimum Gasteiger partial charge on any atom is -0.392 e. The summed E-state index contributed by atoms with van der Waals surface area (Å²) in [7, 11) is 0. The molecular formula is C21H17FN4O3. The molecule has 0 unspecified atom stereocenters. The zero-order valence-electron chi connectivity index (χ0n) is 15.2. The van der Waals surface area contributed by atoms with Crippen molar-refractivity contribution < 1.29 is 14.3 Å². The van der Waals surface area contributed by atoms with Gasteiger partial charge in [-0.25, -0.2) is 8.91 Å². The first kappa shape index (κ1) is 18.6. The Morgan fingerprint density at radius 1 is 1.07 bits per heavy atom. The second-order valence-corrected chi connectivity index (χ2v) is 6.43. The Morgan fingerprint density at radius 3 is 2.48 bits per heavy atom. The van der Waals surface area contributed by atoms with Gasteiger partial charge in [0.05, 0.1) is 12.3 Å². The fraction of sp³-hybridized carbons (Fsp3) is 0.0952. The number of aliphatic hydroxyl groups excluding tert-OH is 1. The summed E-state index contributed by atoms with van der Waals surface area (Å²) in [6.07, 6.45) is 3.02. The van der Waals surface area contributed by atoms with Crippen LogP contribution in [-0.4, -0.2) is 25.2 Å². The van der Waals surface area contributed by atoms with Crippen molar-refractivity contribution in [3.05, 3.63) is 88.7 Å². The van der Waals surface area contributed by atoms with Crippen molar-refractivity contribution in [1.29, 1.82) is 0 Å². The predicted octanol–water partition coefficient (Wildman–Crippen LogP) is 2.43. The molecule has 8 heteroatoms. The van der Waals surface area contributed by atoms with Crippen LogP contribution in [0.4, 0.5) is 10.1 Å². The molecule has 0 spiro atoms. The second kappa shape index (κ2) is 7.69. The van der Waals surface area contributed by atoms with Crippen LogP contribution in [0.15, 0.2) is 71.8 Å². The van der Waals surface area contributed by atoms with Crippen LogP contribution >= 0.6 is 0 Å². The number of aromatic nitrogens is 3.